The van der Waals surface area contributed by atoms with Crippen LogP contribution < -0.4 is 5.32 Å². The summed E-state index contributed by atoms with van der Waals surface area (Å²) in [7, 11) is 0. The average Bonchev–Trinajstić information content (AvgIpc) is 2.39. The van der Waals surface area contributed by atoms with Gasteiger partial charge in [0.05, 0.1) is 12.6 Å². The zero-order chi connectivity index (χ0) is 14.5. The fourth-order valence-electron chi connectivity index (χ4n) is 2.37. The highest BCUT2D eigenvalue weighted by Crippen LogP contribution is 2.12. The molecule has 1 heterocycles. The van der Waals surface area contributed by atoms with Crippen LogP contribution in [0.4, 0.5) is 5.69 Å². The number of Topliss-reactive ketones (excluding diaryl/α,β-unsaturated/α-hetero) is 1. The number of nitrogens with zero attached hydrogens (tertiary/aromatic N) is 1. The molecule has 5 heteroatoms. The van der Waals surface area contributed by atoms with Crippen LogP contribution in [0.1, 0.15) is 30.1 Å². The molecule has 0 radical (unpaired) electrons. The van der Waals surface area contributed by atoms with Gasteiger partial charge >= 0.3 is 0 Å². The van der Waals surface area contributed by atoms with Gasteiger partial charge in [-0.1, -0.05) is 0 Å². The number of anilines is 1. The van der Waals surface area contributed by atoms with Crippen LogP contribution in [0.3, 0.4) is 0 Å². The van der Waals surface area contributed by atoms with E-state index in [4.69, 9.17) is 0 Å². The van der Waals surface area contributed by atoms with Crippen molar-refractivity contribution in [3.05, 3.63) is 29.8 Å². The second-order valence-corrected chi connectivity index (χ2v) is 5.21. The van der Waals surface area contributed by atoms with Crippen LogP contribution in [0.15, 0.2) is 24.3 Å². The van der Waals surface area contributed by atoms with Crippen LogP contribution in [-0.2, 0) is 4.79 Å². The largest absolute Gasteiger partial charge is 0.392 e. The zero-order valence-corrected chi connectivity index (χ0v) is 11.6. The first-order valence-electron chi connectivity index (χ1n) is 6.86. The van der Waals surface area contributed by atoms with E-state index < -0.39 is 0 Å². The van der Waals surface area contributed by atoms with Gasteiger partial charge in [-0.3, -0.25) is 14.5 Å². The lowest BCUT2D eigenvalue weighted by atomic mass is 10.1. The molecule has 0 unspecified atom stereocenters. The van der Waals surface area contributed by atoms with Gasteiger partial charge in [-0.15, -0.1) is 0 Å². The minimum absolute atomic E-state index is 0.00480. The van der Waals surface area contributed by atoms with Gasteiger partial charge in [0, 0.05) is 17.8 Å². The second-order valence-electron chi connectivity index (χ2n) is 5.21. The molecule has 1 saturated heterocycles. The molecular formula is C15H20N2O3. The van der Waals surface area contributed by atoms with Crippen molar-refractivity contribution in [2.24, 2.45) is 0 Å². The molecule has 1 aliphatic heterocycles. The number of rotatable bonds is 4. The summed E-state index contributed by atoms with van der Waals surface area (Å²) < 4.78 is 0. The van der Waals surface area contributed by atoms with Crippen LogP contribution in [0.25, 0.3) is 0 Å². The van der Waals surface area contributed by atoms with Crippen LogP contribution >= 0.6 is 0 Å². The Bertz CT molecular complexity index is 484. The quantitative estimate of drug-likeness (QED) is 0.813. The maximum atomic E-state index is 11.9. The smallest absolute Gasteiger partial charge is 0.238 e. The highest BCUT2D eigenvalue weighted by molar-refractivity contribution is 5.96. The number of nitrogens with one attached hydrogen (secondary N) is 1. The van der Waals surface area contributed by atoms with Crippen molar-refractivity contribution in [3.63, 3.8) is 0 Å². The van der Waals surface area contributed by atoms with E-state index in [-0.39, 0.29) is 24.3 Å². The number of β-amino-alcohol motifs (C(OH)–C–C–N with tert-alkyl or cyclic N) is 1. The molecule has 1 aliphatic rings. The highest BCUT2D eigenvalue weighted by Gasteiger charge is 2.19. The molecule has 2 rings (SSSR count). The number of aliphatic hydroxyl groups is 1. The van der Waals surface area contributed by atoms with Crippen molar-refractivity contribution in [3.8, 4) is 0 Å². The molecule has 1 aromatic carbocycles. The van der Waals surface area contributed by atoms with Crippen molar-refractivity contribution in [1.82, 2.24) is 4.90 Å². The minimum Gasteiger partial charge on any atom is -0.392 e. The Balaban J connectivity index is 1.86. The first-order chi connectivity index (χ1) is 9.54. The number of likely N-dealkylation sites (tertiary alicyclic amines) is 1. The first kappa shape index (κ1) is 14.7. The summed E-state index contributed by atoms with van der Waals surface area (Å²) in [4.78, 5) is 25.0. The summed E-state index contributed by atoms with van der Waals surface area (Å²) in [5, 5.41) is 12.4. The fourth-order valence-corrected chi connectivity index (χ4v) is 2.37. The predicted octanol–water partition coefficient (Wildman–Crippen LogP) is 1.28. The fraction of sp³-hybridized carbons (Fsp3) is 0.467. The third kappa shape index (κ3) is 4.15. The van der Waals surface area contributed by atoms with Crippen molar-refractivity contribution in [2.45, 2.75) is 25.9 Å². The number of hydrogen-bond acceptors (Lipinski definition) is 4. The Kier molecular flexibility index (Phi) is 4.87. The second kappa shape index (κ2) is 6.63. The third-order valence-electron chi connectivity index (χ3n) is 3.42. The molecule has 0 bridgehead atoms. The molecule has 5 nitrogen and oxygen atoms in total. The Labute approximate surface area is 118 Å². The molecule has 1 atom stereocenters. The maximum Gasteiger partial charge on any atom is 0.238 e. The molecule has 1 fully saturated rings. The summed E-state index contributed by atoms with van der Waals surface area (Å²) in [6.45, 7) is 3.19. The van der Waals surface area contributed by atoms with Gasteiger partial charge in [0.25, 0.3) is 0 Å². The van der Waals surface area contributed by atoms with E-state index in [0.29, 0.717) is 17.8 Å². The topological polar surface area (TPSA) is 69.6 Å². The number of piperidine rings is 1. The van der Waals surface area contributed by atoms with E-state index in [9.17, 15) is 14.7 Å². The lowest BCUT2D eigenvalue weighted by molar-refractivity contribution is -0.118. The van der Waals surface area contributed by atoms with Crippen molar-refractivity contribution in [2.75, 3.05) is 25.0 Å². The van der Waals surface area contributed by atoms with Gasteiger partial charge in [-0.25, -0.2) is 0 Å². The summed E-state index contributed by atoms with van der Waals surface area (Å²) in [6.07, 6.45) is 1.40. The van der Waals surface area contributed by atoms with Crippen molar-refractivity contribution < 1.29 is 14.7 Å². The van der Waals surface area contributed by atoms with Gasteiger partial charge in [0.15, 0.2) is 5.78 Å². The highest BCUT2D eigenvalue weighted by atomic mass is 16.3. The monoisotopic (exact) mass is 276 g/mol. The average molecular weight is 276 g/mol. The number of benzene rings is 1. The maximum absolute atomic E-state index is 11.9. The van der Waals surface area contributed by atoms with E-state index >= 15 is 0 Å². The standard InChI is InChI=1S/C15H20N2O3/c1-11(18)12-4-6-13(7-5-12)16-15(20)10-17-8-2-3-14(19)9-17/h4-7,14,19H,2-3,8-10H2,1H3,(H,16,20)/t14-/m0/s1. The van der Waals surface area contributed by atoms with E-state index in [2.05, 4.69) is 5.32 Å². The van der Waals surface area contributed by atoms with E-state index in [1.54, 1.807) is 24.3 Å². The molecule has 0 saturated carbocycles. The number of hydrogen-bond donors (Lipinski definition) is 2. The number of carbonyl (C=O) groups is 2. The molecule has 2 N–H and O–H groups in total. The molecule has 1 aromatic rings. The molecule has 1 amide bonds. The van der Waals surface area contributed by atoms with Crippen LogP contribution in [0.2, 0.25) is 0 Å². The van der Waals surface area contributed by atoms with Crippen LogP contribution in [0, 0.1) is 0 Å². The number of amides is 1. The van der Waals surface area contributed by atoms with Gasteiger partial charge in [-0.2, -0.15) is 0 Å². The van der Waals surface area contributed by atoms with E-state index in [0.717, 1.165) is 19.4 Å². The molecule has 0 aliphatic carbocycles. The third-order valence-corrected chi connectivity index (χ3v) is 3.42. The zero-order valence-electron chi connectivity index (χ0n) is 11.6. The van der Waals surface area contributed by atoms with E-state index in [1.807, 2.05) is 4.90 Å². The number of carbonyl (C=O) groups excluding carboxylic acids is 2. The molecule has 20 heavy (non-hydrogen) atoms. The Morgan fingerprint density at radius 3 is 2.65 bits per heavy atom. The summed E-state index contributed by atoms with van der Waals surface area (Å²) in [5.41, 5.74) is 1.31. The Morgan fingerprint density at radius 2 is 2.05 bits per heavy atom. The Hall–Kier alpha value is -1.72. The van der Waals surface area contributed by atoms with E-state index in [1.165, 1.54) is 6.92 Å². The molecular weight excluding hydrogens is 256 g/mol. The lowest BCUT2D eigenvalue weighted by Crippen LogP contribution is -2.42. The van der Waals surface area contributed by atoms with Gasteiger partial charge in [0.1, 0.15) is 0 Å². The SMILES string of the molecule is CC(=O)c1ccc(NC(=O)CN2CCC[C@H](O)C2)cc1. The summed E-state index contributed by atoms with van der Waals surface area (Å²) in [6, 6.07) is 6.84. The van der Waals surface area contributed by atoms with Gasteiger partial charge < -0.3 is 10.4 Å². The molecule has 0 aromatic heterocycles. The molecule has 108 valence electrons. The molecule has 0 spiro atoms. The van der Waals surface area contributed by atoms with Crippen molar-refractivity contribution >= 4 is 17.4 Å². The Morgan fingerprint density at radius 1 is 1.35 bits per heavy atom. The summed E-state index contributed by atoms with van der Waals surface area (Å²) in [5.74, 6) is -0.0974. The number of ketones is 1. The van der Waals surface area contributed by atoms with Crippen molar-refractivity contribution in [1.29, 1.82) is 0 Å². The lowest BCUT2D eigenvalue weighted by Gasteiger charge is -2.29. The van der Waals surface area contributed by atoms with Gasteiger partial charge in [-0.05, 0) is 50.6 Å². The predicted molar refractivity (Wildman–Crippen MR) is 76.8 cm³/mol. The minimum atomic E-state index is -0.327. The normalized spacial score (nSPS) is 19.6. The van der Waals surface area contributed by atoms with Crippen LogP contribution in [0.5, 0.6) is 0 Å². The van der Waals surface area contributed by atoms with Gasteiger partial charge in [0.2, 0.25) is 5.91 Å². The first-order valence-corrected chi connectivity index (χ1v) is 6.86. The van der Waals surface area contributed by atoms with Crippen LogP contribution in [-0.4, -0.2) is 47.4 Å². The summed E-state index contributed by atoms with van der Waals surface area (Å²) >= 11 is 0. The number of aliphatic hydroxyl groups excluding tert-OH is 1.